The highest BCUT2D eigenvalue weighted by Crippen LogP contribution is 2.03. The van der Waals surface area contributed by atoms with Crippen molar-refractivity contribution in [2.24, 2.45) is 0 Å². The lowest BCUT2D eigenvalue weighted by molar-refractivity contribution is -0.742. The number of unbranched alkanes of at least 4 members (excludes halogenated alkanes) is 5. The molecule has 0 aromatic rings. The molecule has 0 heterocycles. The third kappa shape index (κ3) is 30.4. The summed E-state index contributed by atoms with van der Waals surface area (Å²) in [6.45, 7) is 3.44. The van der Waals surface area contributed by atoms with Gasteiger partial charge in [-0.1, -0.05) is 39.0 Å². The first kappa shape index (κ1) is 15.6. The molecule has 0 aliphatic carbocycles. The van der Waals surface area contributed by atoms with Crippen LogP contribution in [-0.2, 0) is 0 Å². The normalized spacial score (nSPS) is 9.00. The van der Waals surface area contributed by atoms with Gasteiger partial charge in [-0.05, 0) is 20.0 Å². The summed E-state index contributed by atoms with van der Waals surface area (Å²) < 4.78 is 0. The average molecular weight is 206 g/mol. The van der Waals surface area contributed by atoms with E-state index in [2.05, 4.69) is 12.2 Å². The van der Waals surface area contributed by atoms with Crippen LogP contribution in [0.4, 0.5) is 0 Å². The number of nitrogens with zero attached hydrogens (tertiary/aromatic N) is 1. The highest BCUT2D eigenvalue weighted by Gasteiger charge is 1.87. The van der Waals surface area contributed by atoms with Crippen LogP contribution < -0.4 is 5.32 Å². The van der Waals surface area contributed by atoms with E-state index in [1.54, 1.807) is 0 Å². The number of hydrogen-bond donors (Lipinski definition) is 2. The lowest BCUT2D eigenvalue weighted by Crippen LogP contribution is -2.06. The van der Waals surface area contributed by atoms with Gasteiger partial charge in [0.2, 0.25) is 0 Å². The van der Waals surface area contributed by atoms with Gasteiger partial charge in [-0.2, -0.15) is 0 Å². The Labute approximate surface area is 85.6 Å². The first-order valence-corrected chi connectivity index (χ1v) is 5.13. The van der Waals surface area contributed by atoms with Crippen LogP contribution in [0, 0.1) is 10.1 Å². The summed E-state index contributed by atoms with van der Waals surface area (Å²) in [6, 6.07) is 0. The van der Waals surface area contributed by atoms with Crippen molar-refractivity contribution in [2.45, 2.75) is 45.4 Å². The molecule has 0 rings (SSSR count). The zero-order valence-corrected chi connectivity index (χ0v) is 9.16. The maximum absolute atomic E-state index is 8.36. The van der Waals surface area contributed by atoms with Crippen molar-refractivity contribution in [1.29, 1.82) is 0 Å². The molecule has 0 unspecified atom stereocenters. The molecule has 0 aromatic carbocycles. The number of hydrogen-bond acceptors (Lipinski definition) is 3. The molecule has 0 aromatic heterocycles. The van der Waals surface area contributed by atoms with E-state index in [-0.39, 0.29) is 0 Å². The summed E-state index contributed by atoms with van der Waals surface area (Å²) >= 11 is 0. The Morgan fingerprint density at radius 3 is 2.07 bits per heavy atom. The van der Waals surface area contributed by atoms with E-state index in [1.807, 2.05) is 7.05 Å². The van der Waals surface area contributed by atoms with E-state index in [0.717, 1.165) is 0 Å². The number of rotatable bonds is 7. The second-order valence-corrected chi connectivity index (χ2v) is 3.11. The molecule has 86 valence electrons. The van der Waals surface area contributed by atoms with Gasteiger partial charge in [-0.25, -0.2) is 0 Å². The zero-order chi connectivity index (χ0) is 11.2. The molecule has 0 amide bonds. The second kappa shape index (κ2) is 14.7. The molecule has 0 radical (unpaired) electrons. The molecule has 0 saturated carbocycles. The van der Waals surface area contributed by atoms with Gasteiger partial charge in [0, 0.05) is 0 Å². The predicted octanol–water partition coefficient (Wildman–Crippen LogP) is 2.22. The highest BCUT2D eigenvalue weighted by molar-refractivity contribution is 4.45. The largest absolute Gasteiger partial charge is 0.328 e. The fourth-order valence-corrected chi connectivity index (χ4v) is 1.08. The van der Waals surface area contributed by atoms with Gasteiger partial charge >= 0.3 is 0 Å². The molecule has 5 heteroatoms. The molecule has 0 spiro atoms. The Hall–Kier alpha value is -0.840. The summed E-state index contributed by atoms with van der Waals surface area (Å²) in [5, 5.41) is 16.8. The van der Waals surface area contributed by atoms with Crippen molar-refractivity contribution in [3.63, 3.8) is 0 Å². The maximum Gasteiger partial charge on any atom is 0.291 e. The molecule has 0 saturated heterocycles. The zero-order valence-electron chi connectivity index (χ0n) is 9.16. The third-order valence-electron chi connectivity index (χ3n) is 1.78. The smallest absolute Gasteiger partial charge is 0.291 e. The van der Waals surface area contributed by atoms with Crippen molar-refractivity contribution in [3.05, 3.63) is 10.1 Å². The second-order valence-electron chi connectivity index (χ2n) is 3.11. The summed E-state index contributed by atoms with van der Waals surface area (Å²) in [5.41, 5.74) is 0. The van der Waals surface area contributed by atoms with Crippen molar-refractivity contribution in [2.75, 3.05) is 13.6 Å². The Morgan fingerprint density at radius 2 is 1.64 bits per heavy atom. The Bertz CT molecular complexity index is 109. The van der Waals surface area contributed by atoms with Gasteiger partial charge in [0.15, 0.2) is 0 Å². The quantitative estimate of drug-likeness (QED) is 0.380. The Morgan fingerprint density at radius 1 is 1.21 bits per heavy atom. The van der Waals surface area contributed by atoms with Crippen LogP contribution in [0.2, 0.25) is 0 Å². The monoisotopic (exact) mass is 206 g/mol. The van der Waals surface area contributed by atoms with E-state index < -0.39 is 5.09 Å². The molecule has 0 aliphatic rings. The molecule has 5 nitrogen and oxygen atoms in total. The van der Waals surface area contributed by atoms with E-state index in [4.69, 9.17) is 15.3 Å². The molecular formula is C9H22N2O3. The standard InChI is InChI=1S/C9H21N.HNO3/c1-3-4-5-6-7-8-9-10-2;2-1(3)4/h10H,3-9H2,1-2H3;(H,2,3,4). The number of nitrogens with one attached hydrogen (secondary N) is 1. The van der Waals surface area contributed by atoms with Crippen LogP contribution in [0.25, 0.3) is 0 Å². The van der Waals surface area contributed by atoms with Gasteiger partial charge in [0.1, 0.15) is 0 Å². The third-order valence-corrected chi connectivity index (χ3v) is 1.78. The van der Waals surface area contributed by atoms with E-state index in [9.17, 15) is 0 Å². The van der Waals surface area contributed by atoms with Crippen molar-refractivity contribution in [3.8, 4) is 0 Å². The van der Waals surface area contributed by atoms with E-state index in [1.165, 1.54) is 45.1 Å². The minimum absolute atomic E-state index is 1.19. The first-order chi connectivity index (χ1) is 6.65. The minimum atomic E-state index is -1.50. The fraction of sp³-hybridized carbons (Fsp3) is 1.00. The van der Waals surface area contributed by atoms with E-state index >= 15 is 0 Å². The van der Waals surface area contributed by atoms with Crippen LogP contribution in [-0.4, -0.2) is 23.9 Å². The molecule has 14 heavy (non-hydrogen) atoms. The molecule has 0 aliphatic heterocycles. The Kier molecular flexibility index (Phi) is 16.4. The lowest BCUT2D eigenvalue weighted by Gasteiger charge is -1.98. The molecule has 0 fully saturated rings. The van der Waals surface area contributed by atoms with Gasteiger partial charge < -0.3 is 10.5 Å². The minimum Gasteiger partial charge on any atom is -0.328 e. The fourth-order valence-electron chi connectivity index (χ4n) is 1.08. The van der Waals surface area contributed by atoms with Crippen LogP contribution in [0.15, 0.2) is 0 Å². The SMILES string of the molecule is CCCCCCCCNC.O=[N+]([O-])O. The molecule has 0 atom stereocenters. The predicted molar refractivity (Wildman–Crippen MR) is 56.1 cm³/mol. The molecule has 2 N–H and O–H groups in total. The van der Waals surface area contributed by atoms with E-state index in [0.29, 0.717) is 0 Å². The lowest BCUT2D eigenvalue weighted by atomic mass is 10.1. The van der Waals surface area contributed by atoms with Gasteiger partial charge in [-0.15, -0.1) is 10.1 Å². The van der Waals surface area contributed by atoms with Crippen LogP contribution in [0.5, 0.6) is 0 Å². The molecular weight excluding hydrogens is 184 g/mol. The van der Waals surface area contributed by atoms with Gasteiger partial charge in [0.05, 0.1) is 0 Å². The van der Waals surface area contributed by atoms with Crippen LogP contribution in [0.1, 0.15) is 45.4 Å². The average Bonchev–Trinajstić information content (AvgIpc) is 2.10. The maximum atomic E-state index is 8.36. The first-order valence-electron chi connectivity index (χ1n) is 5.13. The van der Waals surface area contributed by atoms with Crippen molar-refractivity contribution in [1.82, 2.24) is 5.32 Å². The van der Waals surface area contributed by atoms with Crippen LogP contribution >= 0.6 is 0 Å². The summed E-state index contributed by atoms with van der Waals surface area (Å²) in [6.07, 6.45) is 8.38. The van der Waals surface area contributed by atoms with Crippen LogP contribution in [0.3, 0.4) is 0 Å². The summed E-state index contributed by atoms with van der Waals surface area (Å²) in [7, 11) is 2.02. The van der Waals surface area contributed by atoms with Crippen molar-refractivity contribution >= 4 is 0 Å². The topological polar surface area (TPSA) is 75.4 Å². The summed E-state index contributed by atoms with van der Waals surface area (Å²) in [5.74, 6) is 0. The highest BCUT2D eigenvalue weighted by atomic mass is 16.9. The Balaban J connectivity index is 0. The van der Waals surface area contributed by atoms with Crippen molar-refractivity contribution < 1.29 is 10.3 Å². The summed E-state index contributed by atoms with van der Waals surface area (Å²) in [4.78, 5) is 8.36. The van der Waals surface area contributed by atoms with Gasteiger partial charge in [0.25, 0.3) is 5.09 Å². The molecule has 0 bridgehead atoms. The van der Waals surface area contributed by atoms with Gasteiger partial charge in [-0.3, -0.25) is 0 Å².